The molecule has 136 valence electrons. The van der Waals surface area contributed by atoms with Gasteiger partial charge in [0, 0.05) is 16.9 Å². The maximum absolute atomic E-state index is 14.5. The molecule has 2 heterocycles. The zero-order chi connectivity index (χ0) is 18.8. The molecule has 26 heavy (non-hydrogen) atoms. The van der Waals surface area contributed by atoms with E-state index in [0.717, 1.165) is 4.88 Å². The molecule has 1 amide bonds. The molecule has 1 aromatic carbocycles. The van der Waals surface area contributed by atoms with Gasteiger partial charge in [-0.2, -0.15) is 0 Å². The van der Waals surface area contributed by atoms with E-state index in [1.807, 2.05) is 31.4 Å². The lowest BCUT2D eigenvalue weighted by atomic mass is 9.92. The fraction of sp³-hybridized carbons (Fsp3) is 0.300. The molecule has 0 fully saturated rings. The van der Waals surface area contributed by atoms with Crippen LogP contribution in [0.15, 0.2) is 53.1 Å². The third kappa shape index (κ3) is 3.42. The summed E-state index contributed by atoms with van der Waals surface area (Å²) < 4.78 is 14.5. The van der Waals surface area contributed by atoms with Crippen LogP contribution >= 0.6 is 11.3 Å². The van der Waals surface area contributed by atoms with Crippen LogP contribution in [0.1, 0.15) is 36.8 Å². The van der Waals surface area contributed by atoms with Crippen LogP contribution in [-0.4, -0.2) is 21.7 Å². The molecule has 0 spiro atoms. The first kappa shape index (κ1) is 18.3. The predicted molar refractivity (Wildman–Crippen MR) is 98.1 cm³/mol. The van der Waals surface area contributed by atoms with Crippen molar-refractivity contribution >= 4 is 23.0 Å². The Balaban J connectivity index is 2.07. The Kier molecular flexibility index (Phi) is 5.23. The van der Waals surface area contributed by atoms with Gasteiger partial charge in [0.05, 0.1) is 18.2 Å². The molecule has 1 aliphatic heterocycles. The quantitative estimate of drug-likeness (QED) is 0.817. The van der Waals surface area contributed by atoms with E-state index in [1.165, 1.54) is 22.3 Å². The average molecular weight is 373 g/mol. The maximum Gasteiger partial charge on any atom is 0.290 e. The molecule has 0 aliphatic carbocycles. The fourth-order valence-corrected chi connectivity index (χ4v) is 3.88. The zero-order valence-corrected chi connectivity index (χ0v) is 15.4. The summed E-state index contributed by atoms with van der Waals surface area (Å²) in [6.07, 6.45) is 0.185. The van der Waals surface area contributed by atoms with E-state index in [0.29, 0.717) is 0 Å². The minimum Gasteiger partial charge on any atom is -0.503 e. The monoisotopic (exact) mass is 373 g/mol. The summed E-state index contributed by atoms with van der Waals surface area (Å²) in [4.78, 5) is 27.7. The van der Waals surface area contributed by atoms with Crippen LogP contribution in [0.4, 0.5) is 4.39 Å². The van der Waals surface area contributed by atoms with Crippen LogP contribution in [0.5, 0.6) is 0 Å². The molecule has 3 rings (SSSR count). The normalized spacial score (nSPS) is 17.5. The van der Waals surface area contributed by atoms with Gasteiger partial charge >= 0.3 is 0 Å². The predicted octanol–water partition coefficient (Wildman–Crippen LogP) is 4.40. The molecule has 0 bridgehead atoms. The summed E-state index contributed by atoms with van der Waals surface area (Å²) in [5.74, 6) is -1.98. The van der Waals surface area contributed by atoms with Crippen LogP contribution < -0.4 is 0 Å². The molecule has 2 aromatic rings. The molecule has 1 aromatic heterocycles. The number of halogens is 1. The molecular weight excluding hydrogens is 353 g/mol. The molecule has 1 aliphatic rings. The number of amides is 1. The van der Waals surface area contributed by atoms with E-state index in [-0.39, 0.29) is 35.8 Å². The molecular formula is C20H20FNO3S. The summed E-state index contributed by atoms with van der Waals surface area (Å²) in [5, 5.41) is 12.3. The van der Waals surface area contributed by atoms with Gasteiger partial charge in [-0.05, 0) is 23.4 Å². The Morgan fingerprint density at radius 3 is 2.62 bits per heavy atom. The van der Waals surface area contributed by atoms with Gasteiger partial charge in [-0.1, -0.05) is 38.1 Å². The summed E-state index contributed by atoms with van der Waals surface area (Å²) >= 11 is 1.46. The maximum atomic E-state index is 14.5. The number of aliphatic hydroxyl groups is 1. The summed E-state index contributed by atoms with van der Waals surface area (Å²) in [5.41, 5.74) is 0.207. The number of carbonyl (C=O) groups excluding carboxylic acids is 2. The Labute approximate surface area is 155 Å². The van der Waals surface area contributed by atoms with E-state index < -0.39 is 23.5 Å². The summed E-state index contributed by atoms with van der Waals surface area (Å²) in [7, 11) is 0. The van der Waals surface area contributed by atoms with Crippen molar-refractivity contribution in [2.45, 2.75) is 32.9 Å². The van der Waals surface area contributed by atoms with E-state index >= 15 is 0 Å². The van der Waals surface area contributed by atoms with Crippen molar-refractivity contribution in [2.24, 2.45) is 5.92 Å². The first-order valence-corrected chi connectivity index (χ1v) is 9.32. The smallest absolute Gasteiger partial charge is 0.290 e. The van der Waals surface area contributed by atoms with Crippen molar-refractivity contribution in [3.63, 3.8) is 0 Å². The van der Waals surface area contributed by atoms with Crippen molar-refractivity contribution in [3.8, 4) is 0 Å². The molecule has 1 N–H and O–H groups in total. The van der Waals surface area contributed by atoms with Crippen molar-refractivity contribution in [1.82, 2.24) is 4.90 Å². The van der Waals surface area contributed by atoms with E-state index in [9.17, 15) is 19.1 Å². The number of rotatable bonds is 6. The molecule has 0 saturated carbocycles. The van der Waals surface area contributed by atoms with Crippen molar-refractivity contribution in [1.29, 1.82) is 0 Å². The van der Waals surface area contributed by atoms with Gasteiger partial charge in [-0.15, -0.1) is 11.3 Å². The molecule has 0 saturated heterocycles. The second kappa shape index (κ2) is 7.41. The average Bonchev–Trinajstić information content (AvgIpc) is 3.17. The van der Waals surface area contributed by atoms with E-state index in [2.05, 4.69) is 0 Å². The highest BCUT2D eigenvalue weighted by Gasteiger charge is 2.44. The van der Waals surface area contributed by atoms with E-state index in [4.69, 9.17) is 0 Å². The molecule has 4 nitrogen and oxygen atoms in total. The van der Waals surface area contributed by atoms with Gasteiger partial charge in [0.1, 0.15) is 5.82 Å². The number of hydrogen-bond donors (Lipinski definition) is 1. The van der Waals surface area contributed by atoms with Gasteiger partial charge in [-0.3, -0.25) is 9.59 Å². The number of hydrogen-bond acceptors (Lipinski definition) is 4. The standard InChI is InChI=1S/C20H20FNO3S/c1-12(2)10-16(23)17-18(14-7-3-4-8-15(14)21)22(20(25)19(17)24)11-13-6-5-9-26-13/h3-9,12,18,24H,10-11H2,1-2H3. The number of Topliss-reactive ketones (excluding diaryl/α,β-unsaturated/α-hetero) is 1. The summed E-state index contributed by atoms with van der Waals surface area (Å²) in [6, 6.07) is 8.86. The highest BCUT2D eigenvalue weighted by molar-refractivity contribution is 7.09. The van der Waals surface area contributed by atoms with Crippen molar-refractivity contribution < 1.29 is 19.1 Å². The van der Waals surface area contributed by atoms with Crippen LogP contribution in [0.2, 0.25) is 0 Å². The van der Waals surface area contributed by atoms with Gasteiger partial charge in [0.2, 0.25) is 0 Å². The SMILES string of the molecule is CC(C)CC(=O)C1=C(O)C(=O)N(Cc2cccs2)C1c1ccccc1F. The molecule has 1 atom stereocenters. The first-order valence-electron chi connectivity index (χ1n) is 8.44. The zero-order valence-electron chi connectivity index (χ0n) is 14.6. The Bertz CT molecular complexity index is 858. The fourth-order valence-electron chi connectivity index (χ4n) is 3.17. The Morgan fingerprint density at radius 1 is 1.27 bits per heavy atom. The first-order chi connectivity index (χ1) is 12.4. The number of ketones is 1. The number of aliphatic hydroxyl groups excluding tert-OH is 1. The highest BCUT2D eigenvalue weighted by Crippen LogP contribution is 2.40. The number of benzene rings is 1. The van der Waals surface area contributed by atoms with Gasteiger partial charge in [-0.25, -0.2) is 4.39 Å². The molecule has 0 radical (unpaired) electrons. The second-order valence-corrected chi connectivity index (χ2v) is 7.75. The third-order valence-electron chi connectivity index (χ3n) is 4.30. The topological polar surface area (TPSA) is 57.6 Å². The van der Waals surface area contributed by atoms with Crippen molar-refractivity contribution in [3.05, 3.63) is 69.4 Å². The minimum absolute atomic E-state index is 0.00893. The van der Waals surface area contributed by atoms with Gasteiger partial charge < -0.3 is 10.0 Å². The number of thiophene rings is 1. The minimum atomic E-state index is -0.919. The lowest BCUT2D eigenvalue weighted by molar-refractivity contribution is -0.130. The van der Waals surface area contributed by atoms with Gasteiger partial charge in [0.15, 0.2) is 11.5 Å². The lowest BCUT2D eigenvalue weighted by Crippen LogP contribution is -2.31. The van der Waals surface area contributed by atoms with Crippen LogP contribution in [0, 0.1) is 11.7 Å². The highest BCUT2D eigenvalue weighted by atomic mass is 32.1. The molecule has 6 heteroatoms. The van der Waals surface area contributed by atoms with E-state index in [1.54, 1.807) is 18.2 Å². The Morgan fingerprint density at radius 2 is 2.00 bits per heavy atom. The summed E-state index contributed by atoms with van der Waals surface area (Å²) in [6.45, 7) is 3.97. The van der Waals surface area contributed by atoms with Crippen LogP contribution in [-0.2, 0) is 16.1 Å². The lowest BCUT2D eigenvalue weighted by Gasteiger charge is -2.27. The largest absolute Gasteiger partial charge is 0.503 e. The van der Waals surface area contributed by atoms with Crippen LogP contribution in [0.3, 0.4) is 0 Å². The van der Waals surface area contributed by atoms with Crippen LogP contribution in [0.25, 0.3) is 0 Å². The van der Waals surface area contributed by atoms with Crippen molar-refractivity contribution in [2.75, 3.05) is 0 Å². The number of carbonyl (C=O) groups is 2. The molecule has 1 unspecified atom stereocenters. The second-order valence-electron chi connectivity index (χ2n) is 6.72. The van der Waals surface area contributed by atoms with Gasteiger partial charge in [0.25, 0.3) is 5.91 Å². The Hall–Kier alpha value is -2.47. The number of nitrogens with zero attached hydrogens (tertiary/aromatic N) is 1. The third-order valence-corrected chi connectivity index (χ3v) is 5.16.